The van der Waals surface area contributed by atoms with Crippen molar-refractivity contribution in [2.45, 2.75) is 52.7 Å². The van der Waals surface area contributed by atoms with Crippen LogP contribution in [0.25, 0.3) is 6.08 Å². The van der Waals surface area contributed by atoms with Gasteiger partial charge in [-0.25, -0.2) is 9.59 Å². The van der Waals surface area contributed by atoms with Crippen molar-refractivity contribution in [2.75, 3.05) is 7.11 Å². The van der Waals surface area contributed by atoms with E-state index < -0.39 is 23.5 Å². The fraction of sp³-hybridized carbons (Fsp3) is 0.474. The van der Waals surface area contributed by atoms with Gasteiger partial charge in [-0.05, 0) is 64.1 Å². The Kier molecular flexibility index (Phi) is 7.53. The van der Waals surface area contributed by atoms with Crippen molar-refractivity contribution in [3.63, 3.8) is 0 Å². The summed E-state index contributed by atoms with van der Waals surface area (Å²) >= 11 is 1.90. The number of hydrogen-bond acceptors (Lipinski definition) is 7. The van der Waals surface area contributed by atoms with Gasteiger partial charge in [-0.15, -0.1) is 0 Å². The molecule has 0 radical (unpaired) electrons. The zero-order valence-corrected chi connectivity index (χ0v) is 18.8. The predicted octanol–water partition coefficient (Wildman–Crippen LogP) is 5.57. The van der Waals surface area contributed by atoms with Crippen LogP contribution in [0.3, 0.4) is 0 Å². The Bertz CT molecular complexity index is 727. The second-order valence-corrected chi connectivity index (χ2v) is 8.55. The van der Waals surface area contributed by atoms with Crippen molar-refractivity contribution in [1.82, 2.24) is 0 Å². The zero-order chi connectivity index (χ0) is 21.0. The third kappa shape index (κ3) is 7.28. The van der Waals surface area contributed by atoms with Gasteiger partial charge in [0.05, 0.1) is 16.2 Å². The molecule has 0 heterocycles. The minimum atomic E-state index is -0.903. The molecule has 1 rings (SSSR count). The molecule has 0 unspecified atom stereocenters. The highest BCUT2D eigenvalue weighted by molar-refractivity contribution is 14.1. The van der Waals surface area contributed by atoms with Gasteiger partial charge >= 0.3 is 12.3 Å². The number of methoxy groups -OCH3 is 1. The van der Waals surface area contributed by atoms with Gasteiger partial charge < -0.3 is 23.7 Å². The zero-order valence-electron chi connectivity index (χ0n) is 16.6. The summed E-state index contributed by atoms with van der Waals surface area (Å²) in [6, 6.07) is 1.49. The van der Waals surface area contributed by atoms with Crippen LogP contribution < -0.4 is 14.2 Å². The number of halogens is 1. The molecule has 0 bridgehead atoms. The molecule has 0 amide bonds. The van der Waals surface area contributed by atoms with E-state index in [4.69, 9.17) is 23.7 Å². The lowest BCUT2D eigenvalue weighted by Crippen LogP contribution is -2.27. The first-order chi connectivity index (χ1) is 12.3. The van der Waals surface area contributed by atoms with Crippen molar-refractivity contribution in [3.05, 3.63) is 21.8 Å². The van der Waals surface area contributed by atoms with Crippen LogP contribution in [0.15, 0.2) is 12.6 Å². The summed E-state index contributed by atoms with van der Waals surface area (Å²) in [5.74, 6) is 0.533. The van der Waals surface area contributed by atoms with Crippen LogP contribution >= 0.6 is 22.6 Å². The van der Waals surface area contributed by atoms with Crippen LogP contribution in [0.5, 0.6) is 17.2 Å². The quantitative estimate of drug-likeness (QED) is 0.309. The van der Waals surface area contributed by atoms with Crippen LogP contribution in [0, 0.1) is 3.57 Å². The topological polar surface area (TPSA) is 80.3 Å². The molecule has 0 fully saturated rings. The second-order valence-electron chi connectivity index (χ2n) is 7.47. The normalized spacial score (nSPS) is 11.4. The number of carbonyl (C=O) groups excluding carboxylic acids is 2. The molecular weight excluding hydrogens is 467 g/mol. The number of carbonyl (C=O) groups is 2. The highest BCUT2D eigenvalue weighted by Gasteiger charge is 2.26. The summed E-state index contributed by atoms with van der Waals surface area (Å²) in [5, 5.41) is 0. The molecule has 7 nitrogen and oxygen atoms in total. The van der Waals surface area contributed by atoms with E-state index >= 15 is 0 Å². The lowest BCUT2D eigenvalue weighted by Gasteiger charge is -2.22. The summed E-state index contributed by atoms with van der Waals surface area (Å²) < 4.78 is 26.6. The first kappa shape index (κ1) is 23.1. The third-order valence-corrected chi connectivity index (χ3v) is 3.79. The lowest BCUT2D eigenvalue weighted by molar-refractivity contribution is 0.0200. The van der Waals surface area contributed by atoms with Crippen LogP contribution in [0.2, 0.25) is 0 Å². The van der Waals surface area contributed by atoms with Gasteiger partial charge in [0.1, 0.15) is 17.0 Å². The average molecular weight is 492 g/mol. The van der Waals surface area contributed by atoms with E-state index in [0.29, 0.717) is 14.9 Å². The van der Waals surface area contributed by atoms with E-state index in [1.807, 2.05) is 22.6 Å². The minimum absolute atomic E-state index is 0.109. The van der Waals surface area contributed by atoms with E-state index in [1.165, 1.54) is 19.3 Å². The maximum Gasteiger partial charge on any atom is 0.514 e. The monoisotopic (exact) mass is 492 g/mol. The van der Waals surface area contributed by atoms with E-state index in [2.05, 4.69) is 6.58 Å². The first-order valence-electron chi connectivity index (χ1n) is 8.12. The number of benzene rings is 1. The summed E-state index contributed by atoms with van der Waals surface area (Å²) in [5.41, 5.74) is -1.03. The first-order valence-corrected chi connectivity index (χ1v) is 9.20. The molecule has 0 spiro atoms. The van der Waals surface area contributed by atoms with Crippen LogP contribution in [-0.4, -0.2) is 30.6 Å². The highest BCUT2D eigenvalue weighted by atomic mass is 127. The van der Waals surface area contributed by atoms with Gasteiger partial charge in [0, 0.05) is 6.07 Å². The van der Waals surface area contributed by atoms with Gasteiger partial charge in [0.25, 0.3) is 0 Å². The average Bonchev–Trinajstić information content (AvgIpc) is 2.47. The highest BCUT2D eigenvalue weighted by Crippen LogP contribution is 2.41. The molecule has 1 aromatic carbocycles. The Morgan fingerprint density at radius 1 is 0.963 bits per heavy atom. The molecule has 0 aliphatic carbocycles. The predicted molar refractivity (Wildman–Crippen MR) is 110 cm³/mol. The number of hydrogen-bond donors (Lipinski definition) is 0. The van der Waals surface area contributed by atoms with Crippen molar-refractivity contribution in [2.24, 2.45) is 0 Å². The maximum atomic E-state index is 12.1. The van der Waals surface area contributed by atoms with E-state index in [9.17, 15) is 9.59 Å². The van der Waals surface area contributed by atoms with Crippen LogP contribution in [-0.2, 0) is 9.47 Å². The van der Waals surface area contributed by atoms with Crippen LogP contribution in [0.1, 0.15) is 47.1 Å². The third-order valence-electron chi connectivity index (χ3n) is 2.77. The molecule has 0 N–H and O–H groups in total. The standard InChI is InChI=1S/C19H25IO7/c1-9-11-12(23-8)10-13(24-16(21)26-18(2,3)4)14(20)15(11)25-17(22)27-19(5,6)7/h9-10H,1H2,2-8H3. The molecule has 27 heavy (non-hydrogen) atoms. The Labute approximate surface area is 173 Å². The minimum Gasteiger partial charge on any atom is -0.496 e. The Morgan fingerprint density at radius 3 is 1.85 bits per heavy atom. The van der Waals surface area contributed by atoms with E-state index in [1.54, 1.807) is 41.5 Å². The van der Waals surface area contributed by atoms with Crippen molar-refractivity contribution >= 4 is 41.0 Å². The van der Waals surface area contributed by atoms with E-state index in [0.717, 1.165) is 0 Å². The Morgan fingerprint density at radius 2 is 1.44 bits per heavy atom. The van der Waals surface area contributed by atoms with Crippen molar-refractivity contribution in [1.29, 1.82) is 0 Å². The molecule has 0 saturated heterocycles. The molecule has 8 heteroatoms. The van der Waals surface area contributed by atoms with Crippen molar-refractivity contribution in [3.8, 4) is 17.2 Å². The lowest BCUT2D eigenvalue weighted by atomic mass is 10.1. The fourth-order valence-electron chi connectivity index (χ4n) is 1.85. The Balaban J connectivity index is 3.29. The molecule has 0 aromatic heterocycles. The van der Waals surface area contributed by atoms with Gasteiger partial charge in [-0.1, -0.05) is 12.7 Å². The van der Waals surface area contributed by atoms with Crippen LogP contribution in [0.4, 0.5) is 9.59 Å². The second kappa shape index (κ2) is 8.81. The summed E-state index contributed by atoms with van der Waals surface area (Å²) in [4.78, 5) is 24.1. The molecule has 0 saturated carbocycles. The van der Waals surface area contributed by atoms with Gasteiger partial charge in [-0.3, -0.25) is 0 Å². The van der Waals surface area contributed by atoms with Gasteiger partial charge in [0.15, 0.2) is 11.5 Å². The smallest absolute Gasteiger partial charge is 0.496 e. The van der Waals surface area contributed by atoms with Crippen molar-refractivity contribution < 1.29 is 33.3 Å². The molecular formula is C19H25IO7. The Hall–Kier alpha value is -1.97. The molecule has 0 atom stereocenters. The summed E-state index contributed by atoms with van der Waals surface area (Å²) in [6.45, 7) is 14.0. The summed E-state index contributed by atoms with van der Waals surface area (Å²) in [7, 11) is 1.43. The molecule has 0 aliphatic rings. The summed E-state index contributed by atoms with van der Waals surface area (Å²) in [6.07, 6.45) is -0.324. The maximum absolute atomic E-state index is 12.1. The number of rotatable bonds is 4. The SMILES string of the molecule is C=Cc1c(OC)cc(OC(=O)OC(C)(C)C)c(I)c1OC(=O)OC(C)(C)C. The molecule has 0 aliphatic heterocycles. The fourth-order valence-corrected chi connectivity index (χ4v) is 2.52. The largest absolute Gasteiger partial charge is 0.514 e. The van der Waals surface area contributed by atoms with E-state index in [-0.39, 0.29) is 11.5 Å². The van der Waals surface area contributed by atoms with Gasteiger partial charge in [0.2, 0.25) is 0 Å². The number of ether oxygens (including phenoxy) is 5. The molecule has 150 valence electrons. The molecule has 1 aromatic rings. The van der Waals surface area contributed by atoms with Gasteiger partial charge in [-0.2, -0.15) is 0 Å².